The van der Waals surface area contributed by atoms with Gasteiger partial charge in [-0.1, -0.05) is 13.0 Å². The highest BCUT2D eigenvalue weighted by atomic mass is 16.7. The van der Waals surface area contributed by atoms with Crippen LogP contribution in [0.3, 0.4) is 0 Å². The van der Waals surface area contributed by atoms with Crippen LogP contribution in [0.5, 0.6) is 11.5 Å². The van der Waals surface area contributed by atoms with Crippen LogP contribution in [0.15, 0.2) is 18.2 Å². The highest BCUT2D eigenvalue weighted by molar-refractivity contribution is 5.82. The van der Waals surface area contributed by atoms with Crippen LogP contribution in [0.25, 0.3) is 0 Å². The van der Waals surface area contributed by atoms with Crippen LogP contribution in [0.1, 0.15) is 12.5 Å². The molecule has 2 fully saturated rings. The molecule has 38 heavy (non-hydrogen) atoms. The highest BCUT2D eigenvalue weighted by Crippen LogP contribution is 2.36. The number of nitrogens with one attached hydrogen (secondary N) is 1. The van der Waals surface area contributed by atoms with Gasteiger partial charge in [0.1, 0.15) is 43.2 Å². The molecule has 15 heteroatoms. The molecule has 3 rings (SSSR count). The molecule has 214 valence electrons. The standard InChI is InChI=1S/C23H33NO14/c1-9-17(30)13(7-25)37-22(18(9)31)35-11-3-2-10(5-15(27)24-6-16(28)29)4-12(11)36-23-21(34)20(33)19(32)14(8-26)38-23/h2-4,9,13-14,17-23,25-26,30-34H,5-8H2,1H3,(H,24,27)(H,28,29). The maximum absolute atomic E-state index is 12.1. The topological polar surface area (TPSA) is 245 Å². The molecule has 9 N–H and O–H groups in total. The number of aliphatic hydroxyl groups is 7. The van der Waals surface area contributed by atoms with Crippen molar-refractivity contribution in [3.05, 3.63) is 23.8 Å². The number of ether oxygens (including phenoxy) is 4. The highest BCUT2D eigenvalue weighted by Gasteiger charge is 2.46. The average molecular weight is 548 g/mol. The van der Waals surface area contributed by atoms with E-state index in [-0.39, 0.29) is 17.9 Å². The van der Waals surface area contributed by atoms with Crippen molar-refractivity contribution in [3.8, 4) is 11.5 Å². The fraction of sp³-hybridized carbons (Fsp3) is 0.652. The molecular weight excluding hydrogens is 514 g/mol. The summed E-state index contributed by atoms with van der Waals surface area (Å²) in [5.41, 5.74) is 0.307. The molecular formula is C23H33NO14. The van der Waals surface area contributed by atoms with Crippen LogP contribution >= 0.6 is 0 Å². The van der Waals surface area contributed by atoms with Crippen molar-refractivity contribution in [1.82, 2.24) is 5.32 Å². The quantitative estimate of drug-likeness (QED) is 0.136. The first kappa shape index (κ1) is 29.9. The molecule has 1 amide bonds. The van der Waals surface area contributed by atoms with Gasteiger partial charge in [-0.25, -0.2) is 0 Å². The first-order chi connectivity index (χ1) is 18.0. The molecule has 0 spiro atoms. The second-order valence-corrected chi connectivity index (χ2v) is 9.13. The Morgan fingerprint density at radius 1 is 0.842 bits per heavy atom. The molecule has 2 aliphatic heterocycles. The van der Waals surface area contributed by atoms with Crippen molar-refractivity contribution >= 4 is 11.9 Å². The predicted molar refractivity (Wildman–Crippen MR) is 123 cm³/mol. The zero-order valence-electron chi connectivity index (χ0n) is 20.4. The zero-order valence-corrected chi connectivity index (χ0v) is 20.4. The minimum absolute atomic E-state index is 0.0963. The van der Waals surface area contributed by atoms with Crippen molar-refractivity contribution in [2.24, 2.45) is 5.92 Å². The molecule has 2 heterocycles. The van der Waals surface area contributed by atoms with Gasteiger partial charge in [-0.15, -0.1) is 0 Å². The number of rotatable bonds is 10. The number of benzene rings is 1. The van der Waals surface area contributed by atoms with Gasteiger partial charge in [-0.3, -0.25) is 9.59 Å². The molecule has 10 unspecified atom stereocenters. The maximum Gasteiger partial charge on any atom is 0.322 e. The van der Waals surface area contributed by atoms with Gasteiger partial charge in [0.05, 0.1) is 25.7 Å². The van der Waals surface area contributed by atoms with Gasteiger partial charge in [-0.2, -0.15) is 0 Å². The van der Waals surface area contributed by atoms with E-state index >= 15 is 0 Å². The Kier molecular flexibility index (Phi) is 10.2. The normalized spacial score (nSPS) is 35.4. The first-order valence-electron chi connectivity index (χ1n) is 11.8. The lowest BCUT2D eigenvalue weighted by molar-refractivity contribution is -0.279. The Hall–Kier alpha value is -2.60. The summed E-state index contributed by atoms with van der Waals surface area (Å²) >= 11 is 0. The predicted octanol–water partition coefficient (Wildman–Crippen LogP) is -3.94. The number of aliphatic hydroxyl groups excluding tert-OH is 7. The summed E-state index contributed by atoms with van der Waals surface area (Å²) in [6.45, 7) is -0.332. The van der Waals surface area contributed by atoms with Gasteiger partial charge in [0.15, 0.2) is 11.5 Å². The fourth-order valence-electron chi connectivity index (χ4n) is 4.06. The lowest BCUT2D eigenvalue weighted by Gasteiger charge is -2.41. The smallest absolute Gasteiger partial charge is 0.322 e. The van der Waals surface area contributed by atoms with Crippen molar-refractivity contribution in [2.45, 2.75) is 68.7 Å². The Morgan fingerprint density at radius 3 is 2.03 bits per heavy atom. The van der Waals surface area contributed by atoms with E-state index in [2.05, 4.69) is 5.32 Å². The third-order valence-electron chi connectivity index (χ3n) is 6.37. The number of carbonyl (C=O) groups is 2. The summed E-state index contributed by atoms with van der Waals surface area (Å²) in [7, 11) is 0. The monoisotopic (exact) mass is 547 g/mol. The molecule has 10 atom stereocenters. The van der Waals surface area contributed by atoms with Crippen molar-refractivity contribution in [3.63, 3.8) is 0 Å². The minimum Gasteiger partial charge on any atom is -0.480 e. The van der Waals surface area contributed by atoms with Gasteiger partial charge in [0.2, 0.25) is 18.5 Å². The SMILES string of the molecule is CC1C(O)C(CO)OC(Oc2ccc(CC(=O)NCC(=O)O)cc2OC2OC(CO)C(O)C(O)C2O)C1O. The maximum atomic E-state index is 12.1. The van der Waals surface area contributed by atoms with E-state index in [0.29, 0.717) is 5.56 Å². The minimum atomic E-state index is -1.77. The molecule has 0 aromatic heterocycles. The molecule has 2 aliphatic rings. The van der Waals surface area contributed by atoms with Gasteiger partial charge < -0.3 is 65.1 Å². The number of amides is 1. The molecule has 0 radical (unpaired) electrons. The van der Waals surface area contributed by atoms with E-state index in [9.17, 15) is 45.3 Å². The Balaban J connectivity index is 1.88. The Bertz CT molecular complexity index is 958. The second kappa shape index (κ2) is 13.0. The van der Waals surface area contributed by atoms with Gasteiger partial charge in [-0.05, 0) is 17.7 Å². The number of carbonyl (C=O) groups excluding carboxylic acids is 1. The van der Waals surface area contributed by atoms with Crippen LogP contribution in [-0.4, -0.2) is 128 Å². The van der Waals surface area contributed by atoms with Gasteiger partial charge in [0.25, 0.3) is 0 Å². The molecule has 0 bridgehead atoms. The van der Waals surface area contributed by atoms with Gasteiger partial charge in [0, 0.05) is 5.92 Å². The molecule has 0 saturated carbocycles. The van der Waals surface area contributed by atoms with E-state index in [1.807, 2.05) is 0 Å². The van der Waals surface area contributed by atoms with Crippen LogP contribution in [0.2, 0.25) is 0 Å². The number of carboxylic acids is 1. The Morgan fingerprint density at radius 2 is 1.42 bits per heavy atom. The molecule has 15 nitrogen and oxygen atoms in total. The second-order valence-electron chi connectivity index (χ2n) is 9.13. The average Bonchev–Trinajstić information content (AvgIpc) is 2.89. The third kappa shape index (κ3) is 6.88. The summed E-state index contributed by atoms with van der Waals surface area (Å²) in [5.74, 6) is -2.88. The lowest BCUT2D eigenvalue weighted by atomic mass is 9.91. The van der Waals surface area contributed by atoms with Crippen LogP contribution in [0.4, 0.5) is 0 Å². The lowest BCUT2D eigenvalue weighted by Crippen LogP contribution is -2.60. The summed E-state index contributed by atoms with van der Waals surface area (Å²) in [5, 5.41) is 81.1. The number of hydrogen-bond acceptors (Lipinski definition) is 13. The van der Waals surface area contributed by atoms with Gasteiger partial charge >= 0.3 is 5.97 Å². The number of hydrogen-bond donors (Lipinski definition) is 9. The van der Waals surface area contributed by atoms with Crippen molar-refractivity contribution in [2.75, 3.05) is 19.8 Å². The van der Waals surface area contributed by atoms with E-state index in [1.165, 1.54) is 25.1 Å². The largest absolute Gasteiger partial charge is 0.480 e. The zero-order chi connectivity index (χ0) is 28.1. The van der Waals surface area contributed by atoms with Crippen molar-refractivity contribution < 1.29 is 69.4 Å². The number of carboxylic acid groups (broad SMARTS) is 1. The molecule has 1 aromatic rings. The number of aliphatic carboxylic acids is 1. The molecule has 0 aliphatic carbocycles. The van der Waals surface area contributed by atoms with E-state index < -0.39 is 92.9 Å². The molecule has 1 aromatic carbocycles. The van der Waals surface area contributed by atoms with Crippen molar-refractivity contribution in [1.29, 1.82) is 0 Å². The van der Waals surface area contributed by atoms with E-state index in [1.54, 1.807) is 0 Å². The molecule has 2 saturated heterocycles. The van der Waals surface area contributed by atoms with Crippen LogP contribution in [0, 0.1) is 5.92 Å². The van der Waals surface area contributed by atoms with E-state index in [4.69, 9.17) is 24.1 Å². The summed E-state index contributed by atoms with van der Waals surface area (Å²) in [4.78, 5) is 22.8. The summed E-state index contributed by atoms with van der Waals surface area (Å²) < 4.78 is 22.3. The van der Waals surface area contributed by atoms with Crippen LogP contribution < -0.4 is 14.8 Å². The fourth-order valence-corrected chi connectivity index (χ4v) is 4.06. The third-order valence-corrected chi connectivity index (χ3v) is 6.37. The summed E-state index contributed by atoms with van der Waals surface area (Å²) in [6.07, 6.45) is -13.3. The first-order valence-corrected chi connectivity index (χ1v) is 11.8. The van der Waals surface area contributed by atoms with E-state index in [0.717, 1.165) is 0 Å². The van der Waals surface area contributed by atoms with Crippen LogP contribution in [-0.2, 0) is 25.5 Å². The summed E-state index contributed by atoms with van der Waals surface area (Å²) in [6, 6.07) is 4.07. The Labute approximate surface area is 216 Å².